The number of hydrogen-bond donors (Lipinski definition) is 0. The number of amides is 1. The molecule has 3 rings (SSSR count). The minimum Gasteiger partial charge on any atom is -0.454 e. The quantitative estimate of drug-likeness (QED) is 0.317. The summed E-state index contributed by atoms with van der Waals surface area (Å²) in [4.78, 5) is 48.0. The van der Waals surface area contributed by atoms with Crippen molar-refractivity contribution in [3.8, 4) is 0 Å². The summed E-state index contributed by atoms with van der Waals surface area (Å²) in [6.45, 7) is 0.0736. The highest BCUT2D eigenvalue weighted by molar-refractivity contribution is 6.31. The van der Waals surface area contributed by atoms with Crippen LogP contribution >= 0.6 is 11.6 Å². The predicted molar refractivity (Wildman–Crippen MR) is 101 cm³/mol. The zero-order valence-electron chi connectivity index (χ0n) is 14.6. The van der Waals surface area contributed by atoms with Crippen molar-refractivity contribution in [3.05, 3.63) is 68.7 Å². The largest absolute Gasteiger partial charge is 0.454 e. The van der Waals surface area contributed by atoms with E-state index >= 15 is 0 Å². The highest BCUT2D eigenvalue weighted by Gasteiger charge is 2.24. The van der Waals surface area contributed by atoms with Crippen LogP contribution in [0, 0.1) is 10.1 Å². The number of ether oxygens (including phenoxy) is 1. The number of carbonyl (C=O) groups excluding carboxylic acids is 3. The van der Waals surface area contributed by atoms with E-state index < -0.39 is 29.0 Å². The van der Waals surface area contributed by atoms with E-state index in [1.165, 1.54) is 12.1 Å². The van der Waals surface area contributed by atoms with Crippen molar-refractivity contribution >= 4 is 40.6 Å². The van der Waals surface area contributed by atoms with Gasteiger partial charge in [-0.25, -0.2) is 4.79 Å². The summed E-state index contributed by atoms with van der Waals surface area (Å²) in [6, 6.07) is 9.94. The van der Waals surface area contributed by atoms with Crippen molar-refractivity contribution < 1.29 is 24.0 Å². The monoisotopic (exact) mass is 402 g/mol. The van der Waals surface area contributed by atoms with Gasteiger partial charge in [-0.05, 0) is 42.8 Å². The molecule has 0 radical (unpaired) electrons. The van der Waals surface area contributed by atoms with E-state index in [2.05, 4.69) is 0 Å². The van der Waals surface area contributed by atoms with Crippen LogP contribution in [0.1, 0.15) is 33.6 Å². The third kappa shape index (κ3) is 4.17. The van der Waals surface area contributed by atoms with Crippen LogP contribution in [-0.4, -0.2) is 35.7 Å². The second kappa shape index (κ2) is 8.18. The topological polar surface area (TPSA) is 107 Å². The molecule has 28 heavy (non-hydrogen) atoms. The second-order valence-electron chi connectivity index (χ2n) is 6.11. The number of nitro benzene ring substituents is 1. The van der Waals surface area contributed by atoms with Gasteiger partial charge in [-0.15, -0.1) is 0 Å². The van der Waals surface area contributed by atoms with Crippen molar-refractivity contribution in [2.24, 2.45) is 0 Å². The molecular formula is C19H15ClN2O6. The summed E-state index contributed by atoms with van der Waals surface area (Å²) < 4.78 is 4.92. The lowest BCUT2D eigenvalue weighted by Gasteiger charge is -2.15. The number of Topliss-reactive ketones (excluding diaryl/α,β-unsaturated/α-hetero) is 1. The molecule has 0 unspecified atom stereocenters. The molecular weight excluding hydrogens is 388 g/mol. The molecule has 2 aromatic rings. The van der Waals surface area contributed by atoms with E-state index in [0.717, 1.165) is 12.5 Å². The van der Waals surface area contributed by atoms with E-state index in [-0.39, 0.29) is 16.5 Å². The Balaban J connectivity index is 1.65. The SMILES string of the molecule is O=C(COC(=O)c1ccc(Cl)cc1[N+](=O)[O-])c1ccc(N2CCCC2=O)cc1. The number of anilines is 1. The molecule has 144 valence electrons. The van der Waals surface area contributed by atoms with Gasteiger partial charge in [-0.3, -0.25) is 19.7 Å². The predicted octanol–water partition coefficient (Wildman–Crippen LogP) is 3.41. The molecule has 0 aliphatic carbocycles. The number of halogens is 1. The molecule has 2 aromatic carbocycles. The van der Waals surface area contributed by atoms with Gasteiger partial charge in [0.05, 0.1) is 4.92 Å². The molecule has 1 aliphatic heterocycles. The van der Waals surface area contributed by atoms with Crippen LogP contribution in [0.5, 0.6) is 0 Å². The molecule has 1 heterocycles. The minimum atomic E-state index is -0.990. The van der Waals surface area contributed by atoms with Crippen molar-refractivity contribution in [1.82, 2.24) is 0 Å². The fraction of sp³-hybridized carbons (Fsp3) is 0.211. The third-order valence-corrected chi connectivity index (χ3v) is 4.52. The summed E-state index contributed by atoms with van der Waals surface area (Å²) in [5, 5.41) is 11.2. The maximum Gasteiger partial charge on any atom is 0.345 e. The summed E-state index contributed by atoms with van der Waals surface area (Å²) in [5.74, 6) is -1.42. The Morgan fingerprint density at radius 3 is 2.50 bits per heavy atom. The van der Waals surface area contributed by atoms with Gasteiger partial charge in [0, 0.05) is 35.3 Å². The first-order valence-corrected chi connectivity index (χ1v) is 8.79. The third-order valence-electron chi connectivity index (χ3n) is 4.29. The van der Waals surface area contributed by atoms with Gasteiger partial charge >= 0.3 is 5.97 Å². The zero-order valence-corrected chi connectivity index (χ0v) is 15.3. The zero-order chi connectivity index (χ0) is 20.3. The van der Waals surface area contributed by atoms with Crippen molar-refractivity contribution in [2.45, 2.75) is 12.8 Å². The molecule has 0 saturated carbocycles. The lowest BCUT2D eigenvalue weighted by molar-refractivity contribution is -0.385. The van der Waals surface area contributed by atoms with Crippen molar-refractivity contribution in [3.63, 3.8) is 0 Å². The highest BCUT2D eigenvalue weighted by Crippen LogP contribution is 2.24. The molecule has 8 nitrogen and oxygen atoms in total. The minimum absolute atomic E-state index is 0.0394. The Bertz CT molecular complexity index is 957. The number of hydrogen-bond acceptors (Lipinski definition) is 6. The van der Waals surface area contributed by atoms with Crippen molar-refractivity contribution in [1.29, 1.82) is 0 Å². The summed E-state index contributed by atoms with van der Waals surface area (Å²) in [5.41, 5.74) is 0.219. The Labute approximate surface area is 164 Å². The first-order valence-electron chi connectivity index (χ1n) is 8.41. The number of benzene rings is 2. The van der Waals surface area contributed by atoms with E-state index in [1.807, 2.05) is 0 Å². The van der Waals surface area contributed by atoms with Crippen molar-refractivity contribution in [2.75, 3.05) is 18.1 Å². The summed E-state index contributed by atoms with van der Waals surface area (Å²) in [7, 11) is 0. The van der Waals surface area contributed by atoms with Crippen LogP contribution in [0.25, 0.3) is 0 Å². The summed E-state index contributed by atoms with van der Waals surface area (Å²) in [6.07, 6.45) is 1.31. The average Bonchev–Trinajstić information content (AvgIpc) is 3.11. The molecule has 1 saturated heterocycles. The molecule has 0 atom stereocenters. The van der Waals surface area contributed by atoms with E-state index in [4.69, 9.17) is 16.3 Å². The average molecular weight is 403 g/mol. The number of ketones is 1. The second-order valence-corrected chi connectivity index (χ2v) is 6.55. The van der Waals surface area contributed by atoms with Gasteiger partial charge in [0.25, 0.3) is 5.69 Å². The Hall–Kier alpha value is -3.26. The molecule has 0 N–H and O–H groups in total. The molecule has 1 aliphatic rings. The normalized spacial score (nSPS) is 13.5. The van der Waals surface area contributed by atoms with E-state index in [9.17, 15) is 24.5 Å². The Kier molecular flexibility index (Phi) is 5.70. The summed E-state index contributed by atoms with van der Waals surface area (Å²) >= 11 is 5.71. The van der Waals surface area contributed by atoms with Gasteiger partial charge in [0.15, 0.2) is 12.4 Å². The van der Waals surface area contributed by atoms with Crippen LogP contribution in [0.2, 0.25) is 5.02 Å². The lowest BCUT2D eigenvalue weighted by Crippen LogP contribution is -2.23. The number of rotatable bonds is 6. The van der Waals surface area contributed by atoms with Gasteiger partial charge in [-0.2, -0.15) is 0 Å². The van der Waals surface area contributed by atoms with Crippen LogP contribution in [-0.2, 0) is 9.53 Å². The maximum absolute atomic E-state index is 12.2. The van der Waals surface area contributed by atoms with Gasteiger partial charge in [-0.1, -0.05) is 11.6 Å². The molecule has 0 bridgehead atoms. The fourth-order valence-electron chi connectivity index (χ4n) is 2.87. The highest BCUT2D eigenvalue weighted by atomic mass is 35.5. The van der Waals surface area contributed by atoms with Crippen LogP contribution < -0.4 is 4.90 Å². The molecule has 1 fully saturated rings. The molecule has 0 aromatic heterocycles. The van der Waals surface area contributed by atoms with Crippen LogP contribution in [0.15, 0.2) is 42.5 Å². The number of esters is 1. The van der Waals surface area contributed by atoms with Gasteiger partial charge in [0.2, 0.25) is 5.91 Å². The van der Waals surface area contributed by atoms with Gasteiger partial charge in [0.1, 0.15) is 5.56 Å². The Morgan fingerprint density at radius 1 is 1.18 bits per heavy atom. The van der Waals surface area contributed by atoms with Crippen LogP contribution in [0.3, 0.4) is 0 Å². The first-order chi connectivity index (χ1) is 13.4. The lowest BCUT2D eigenvalue weighted by atomic mass is 10.1. The first kappa shape index (κ1) is 19.5. The number of carbonyl (C=O) groups is 3. The van der Waals surface area contributed by atoms with E-state index in [1.54, 1.807) is 29.2 Å². The number of nitrogens with zero attached hydrogens (tertiary/aromatic N) is 2. The van der Waals surface area contributed by atoms with Gasteiger partial charge < -0.3 is 9.64 Å². The smallest absolute Gasteiger partial charge is 0.345 e. The molecule has 0 spiro atoms. The maximum atomic E-state index is 12.2. The number of nitro groups is 1. The standard InChI is InChI=1S/C19H15ClN2O6/c20-13-5-8-15(16(10-13)22(26)27)19(25)28-11-17(23)12-3-6-14(7-4-12)21-9-1-2-18(21)24/h3-8,10H,1-2,9,11H2. The van der Waals surface area contributed by atoms with Crippen LogP contribution in [0.4, 0.5) is 11.4 Å². The molecule has 9 heteroatoms. The molecule has 1 amide bonds. The Morgan fingerprint density at radius 2 is 1.89 bits per heavy atom. The fourth-order valence-corrected chi connectivity index (χ4v) is 3.04. The van der Waals surface area contributed by atoms with E-state index in [0.29, 0.717) is 24.2 Å².